The number of carboxylic acid groups (broad SMARTS) is 1. The van der Waals surface area contributed by atoms with Crippen LogP contribution in [0.25, 0.3) is 21.8 Å². The Morgan fingerprint density at radius 1 is 0.547 bits per heavy atom. The molecule has 27 nitrogen and oxygen atoms in total. The van der Waals surface area contributed by atoms with Crippen molar-refractivity contribution in [3.63, 3.8) is 0 Å². The third-order valence-corrected chi connectivity index (χ3v) is 12.2. The Labute approximate surface area is 437 Å². The summed E-state index contributed by atoms with van der Waals surface area (Å²) < 4.78 is 0. The number of carbonyl (C=O) groups excluding carboxylic acids is 6. The van der Waals surface area contributed by atoms with Crippen LogP contribution < -0.4 is 72.0 Å². The second-order valence-corrected chi connectivity index (χ2v) is 18.0. The molecular formula is C47H70N18O9S. The van der Waals surface area contributed by atoms with Gasteiger partial charge in [0.05, 0.1) is 12.1 Å². The highest BCUT2D eigenvalue weighted by atomic mass is 32.1. The van der Waals surface area contributed by atoms with Crippen molar-refractivity contribution in [2.75, 3.05) is 25.4 Å². The number of nitrogens with zero attached hydrogens (tertiary/aromatic N) is 3. The number of aliphatic imine (C=N–C) groups is 3. The van der Waals surface area contributed by atoms with E-state index in [2.05, 4.69) is 69.5 Å². The molecule has 2 aromatic heterocycles. The van der Waals surface area contributed by atoms with Crippen molar-refractivity contribution in [1.82, 2.24) is 41.9 Å². The van der Waals surface area contributed by atoms with Crippen LogP contribution in [-0.2, 0) is 46.4 Å². The Morgan fingerprint density at radius 3 is 1.32 bits per heavy atom. The van der Waals surface area contributed by atoms with Crippen LogP contribution in [0.2, 0.25) is 0 Å². The number of fused-ring (bicyclic) bond motifs is 2. The second kappa shape index (κ2) is 29.6. The molecule has 28 heteroatoms. The maximum atomic E-state index is 14.9. The molecule has 0 radical (unpaired) electrons. The summed E-state index contributed by atoms with van der Waals surface area (Å²) in [5.74, 6) is -7.39. The number of nitrogens with one attached hydrogen (secondary N) is 8. The average Bonchev–Trinajstić information content (AvgIpc) is 3.97. The maximum Gasteiger partial charge on any atom is 0.328 e. The number of amides is 6. The fraction of sp³-hybridized carbons (Fsp3) is 0.447. The van der Waals surface area contributed by atoms with E-state index in [0.29, 0.717) is 17.5 Å². The quantitative estimate of drug-likeness (QED) is 0.00996. The molecule has 408 valence electrons. The molecule has 4 aromatic rings. The van der Waals surface area contributed by atoms with Gasteiger partial charge < -0.3 is 92.2 Å². The number of benzene rings is 2. The lowest BCUT2D eigenvalue weighted by atomic mass is 10.0. The minimum absolute atomic E-state index is 0.00869. The topological polar surface area (TPSA) is 483 Å². The van der Waals surface area contributed by atoms with Crippen molar-refractivity contribution in [1.29, 1.82) is 0 Å². The molecule has 0 aliphatic heterocycles. The van der Waals surface area contributed by atoms with Gasteiger partial charge in [-0.2, -0.15) is 12.6 Å². The van der Waals surface area contributed by atoms with E-state index in [1.807, 2.05) is 36.4 Å². The van der Waals surface area contributed by atoms with Gasteiger partial charge in [0.15, 0.2) is 23.9 Å². The second-order valence-electron chi connectivity index (χ2n) is 17.6. The Hall–Kier alpha value is -8.11. The normalized spacial score (nSPS) is 14.3. The zero-order valence-corrected chi connectivity index (χ0v) is 42.4. The van der Waals surface area contributed by atoms with Gasteiger partial charge in [-0.1, -0.05) is 36.4 Å². The number of carbonyl (C=O) groups is 7. The minimum Gasteiger partial charge on any atom is -0.480 e. The first-order valence-corrected chi connectivity index (χ1v) is 24.7. The van der Waals surface area contributed by atoms with Gasteiger partial charge in [-0.05, 0) is 68.7 Å². The highest BCUT2D eigenvalue weighted by molar-refractivity contribution is 7.80. The van der Waals surface area contributed by atoms with Gasteiger partial charge in [0.25, 0.3) is 0 Å². The fourth-order valence-electron chi connectivity index (χ4n) is 7.86. The van der Waals surface area contributed by atoms with Crippen molar-refractivity contribution in [2.24, 2.45) is 55.1 Å². The van der Waals surface area contributed by atoms with E-state index in [-0.39, 0.29) is 88.2 Å². The van der Waals surface area contributed by atoms with Gasteiger partial charge in [-0.25, -0.2) is 4.79 Å². The zero-order valence-electron chi connectivity index (χ0n) is 41.5. The van der Waals surface area contributed by atoms with Crippen LogP contribution in [0, 0.1) is 0 Å². The number of guanidine groups is 3. The van der Waals surface area contributed by atoms with Crippen molar-refractivity contribution in [3.05, 3.63) is 72.1 Å². The van der Waals surface area contributed by atoms with Gasteiger partial charge in [-0.15, -0.1) is 0 Å². The molecule has 75 heavy (non-hydrogen) atoms. The number of aliphatic carboxylic acids is 1. The predicted octanol–water partition coefficient (Wildman–Crippen LogP) is -3.77. The van der Waals surface area contributed by atoms with Crippen LogP contribution in [0.5, 0.6) is 0 Å². The van der Waals surface area contributed by atoms with Crippen LogP contribution in [0.1, 0.15) is 56.6 Å². The summed E-state index contributed by atoms with van der Waals surface area (Å²) in [5, 5.41) is 36.8. The molecule has 0 bridgehead atoms. The third kappa shape index (κ3) is 19.0. The third-order valence-electron chi connectivity index (χ3n) is 11.8. The number of para-hydroxylation sites is 2. The van der Waals surface area contributed by atoms with Gasteiger partial charge in [0.2, 0.25) is 35.4 Å². The number of aliphatic hydroxyl groups is 1. The largest absolute Gasteiger partial charge is 0.480 e. The number of hydrogen-bond donors (Lipinski definition) is 18. The summed E-state index contributed by atoms with van der Waals surface area (Å²) >= 11 is 4.32. The summed E-state index contributed by atoms with van der Waals surface area (Å²) in [5.41, 5.74) is 41.6. The van der Waals surface area contributed by atoms with Gasteiger partial charge in [0.1, 0.15) is 30.2 Å². The van der Waals surface area contributed by atoms with E-state index in [1.54, 1.807) is 24.5 Å². The van der Waals surface area contributed by atoms with E-state index in [0.717, 1.165) is 28.7 Å². The lowest BCUT2D eigenvalue weighted by Crippen LogP contribution is -2.61. The van der Waals surface area contributed by atoms with Gasteiger partial charge >= 0.3 is 5.97 Å². The summed E-state index contributed by atoms with van der Waals surface area (Å²) in [4.78, 5) is 115. The van der Waals surface area contributed by atoms with Crippen LogP contribution >= 0.6 is 12.6 Å². The lowest BCUT2D eigenvalue weighted by molar-refractivity contribution is -0.145. The summed E-state index contributed by atoms with van der Waals surface area (Å²) in [6.45, 7) is 1.51. The number of rotatable bonds is 31. The Bertz CT molecular complexity index is 2680. The SMILES string of the molecule is C[C@@H](O)[C@H](NC(=O)[C@H](CCCN=C(N)N)NC(=O)[C@H](CS)NC(=O)[C@H](Cc1c[nH]c2ccccc12)NC(=O)[C@H](Cc1c[nH]c2ccccc12)NC(=O)[C@H](CCCN=C(N)N)NC(=O)[C@@H](N)CCCN=C(N)N)C(=O)O. The molecule has 0 saturated carbocycles. The number of nitrogens with two attached hydrogens (primary N) is 7. The van der Waals surface area contributed by atoms with Crippen molar-refractivity contribution >= 4 is 93.7 Å². The van der Waals surface area contributed by atoms with Gasteiger partial charge in [-0.3, -0.25) is 43.7 Å². The molecule has 0 saturated heterocycles. The number of aromatic nitrogens is 2. The van der Waals surface area contributed by atoms with E-state index < -0.39 is 89.8 Å². The smallest absolute Gasteiger partial charge is 0.328 e. The molecule has 2 heterocycles. The highest BCUT2D eigenvalue weighted by Gasteiger charge is 2.35. The lowest BCUT2D eigenvalue weighted by Gasteiger charge is -2.27. The molecule has 0 aliphatic carbocycles. The number of H-pyrrole nitrogens is 2. The molecule has 4 rings (SSSR count). The van der Waals surface area contributed by atoms with Crippen molar-refractivity contribution in [3.8, 4) is 0 Å². The number of aromatic amines is 2. The van der Waals surface area contributed by atoms with E-state index in [4.69, 9.17) is 40.1 Å². The predicted molar refractivity (Wildman–Crippen MR) is 286 cm³/mol. The monoisotopic (exact) mass is 1060 g/mol. The van der Waals surface area contributed by atoms with Crippen LogP contribution in [0.3, 0.4) is 0 Å². The Morgan fingerprint density at radius 2 is 0.907 bits per heavy atom. The molecule has 0 unspecified atom stereocenters. The first-order chi connectivity index (χ1) is 35.7. The van der Waals surface area contributed by atoms with E-state index in [1.165, 1.54) is 0 Å². The van der Waals surface area contributed by atoms with Crippen molar-refractivity contribution in [2.45, 2.75) is 107 Å². The van der Waals surface area contributed by atoms with Crippen LogP contribution in [0.4, 0.5) is 0 Å². The summed E-state index contributed by atoms with van der Waals surface area (Å²) in [6, 6.07) is 4.73. The first-order valence-electron chi connectivity index (χ1n) is 24.0. The molecule has 0 fully saturated rings. The molecule has 6 amide bonds. The molecule has 0 spiro atoms. The minimum atomic E-state index is -1.73. The van der Waals surface area contributed by atoms with E-state index in [9.17, 15) is 43.8 Å². The average molecular weight is 1060 g/mol. The summed E-state index contributed by atoms with van der Waals surface area (Å²) in [6.07, 6.45) is 2.34. The van der Waals surface area contributed by atoms with Crippen molar-refractivity contribution < 1.29 is 43.8 Å². The van der Waals surface area contributed by atoms with Gasteiger partial charge in [0, 0.05) is 72.4 Å². The number of hydrogen-bond acceptors (Lipinski definition) is 13. The zero-order chi connectivity index (χ0) is 55.2. The molecule has 24 N–H and O–H groups in total. The highest BCUT2D eigenvalue weighted by Crippen LogP contribution is 2.22. The maximum absolute atomic E-state index is 14.9. The Balaban J connectivity index is 1.68. The first kappa shape index (κ1) is 59.5. The summed E-state index contributed by atoms with van der Waals surface area (Å²) in [7, 11) is 0. The molecule has 0 aliphatic rings. The fourth-order valence-corrected chi connectivity index (χ4v) is 8.12. The molecule has 2 aromatic carbocycles. The molecular weight excluding hydrogens is 993 g/mol. The van der Waals surface area contributed by atoms with Crippen LogP contribution in [0.15, 0.2) is 75.9 Å². The standard InChI is InChI=1S/C47H70N18O9S/c1-24(66)37(44(73)74)65-40(69)33(15-8-18-57-47(53)54)61-43(72)36(23-75)64-42(71)35(20-26-22-59-31-13-5-3-10-28(26)31)63-41(70)34(19-25-21-58-30-12-4-2-9-27(25)30)62-39(68)32(14-7-17-56-46(51)52)60-38(67)29(48)11-6-16-55-45(49)50/h2-5,9-10,12-13,21-22,24,29,32-37,58-59,66,75H,6-8,11,14-20,23,48H2,1H3,(H,60,67)(H,61,72)(H,62,68)(H,63,70)(H,64,71)(H,65,69)(H,73,74)(H4,49,50,55)(H4,51,52,56)(H4,53,54,57)/t24-,29+,32+,33+,34+,35+,36+,37+/m1/s1. The number of thiol groups is 1. The van der Waals surface area contributed by atoms with E-state index >= 15 is 0 Å². The molecule has 8 atom stereocenters. The number of aliphatic hydroxyl groups excluding tert-OH is 1. The number of carboxylic acids is 1. The van der Waals surface area contributed by atoms with Crippen LogP contribution in [-0.4, -0.2) is 153 Å². The Kier molecular flexibility index (Phi) is 23.4.